The average molecular weight is 459 g/mol. The van der Waals surface area contributed by atoms with Gasteiger partial charge in [0.05, 0.1) is 17.2 Å². The van der Waals surface area contributed by atoms with E-state index in [1.165, 1.54) is 12.1 Å². The fourth-order valence-electron chi connectivity index (χ4n) is 3.02. The van der Waals surface area contributed by atoms with E-state index in [4.69, 9.17) is 16.3 Å². The van der Waals surface area contributed by atoms with Crippen LogP contribution < -0.4 is 14.4 Å². The number of halogens is 1. The zero-order chi connectivity index (χ0) is 22.4. The van der Waals surface area contributed by atoms with Crippen LogP contribution in [0.3, 0.4) is 0 Å². The second-order valence-corrected chi connectivity index (χ2v) is 8.98. The van der Waals surface area contributed by atoms with Gasteiger partial charge < -0.3 is 10.1 Å². The lowest BCUT2D eigenvalue weighted by Crippen LogP contribution is -2.38. The molecule has 0 aromatic heterocycles. The highest BCUT2D eigenvalue weighted by molar-refractivity contribution is 7.92. The molecule has 0 saturated heterocycles. The molecule has 0 radical (unpaired) electrons. The van der Waals surface area contributed by atoms with Crippen molar-refractivity contribution in [3.05, 3.63) is 83.4 Å². The van der Waals surface area contributed by atoms with Gasteiger partial charge in [-0.3, -0.25) is 9.10 Å². The van der Waals surface area contributed by atoms with E-state index in [1.54, 1.807) is 67.6 Å². The summed E-state index contributed by atoms with van der Waals surface area (Å²) in [7, 11) is -4.00. The van der Waals surface area contributed by atoms with Gasteiger partial charge in [0.15, 0.2) is 0 Å². The van der Waals surface area contributed by atoms with E-state index in [-0.39, 0.29) is 4.90 Å². The van der Waals surface area contributed by atoms with Gasteiger partial charge in [-0.25, -0.2) is 8.42 Å². The molecule has 0 heterocycles. The maximum Gasteiger partial charge on any atom is 0.264 e. The Hall–Kier alpha value is -3.03. The van der Waals surface area contributed by atoms with Crippen LogP contribution in [0, 0.1) is 6.92 Å². The number of hydrogen-bond donors (Lipinski definition) is 1. The van der Waals surface area contributed by atoms with Crippen molar-refractivity contribution in [1.29, 1.82) is 0 Å². The van der Waals surface area contributed by atoms with Gasteiger partial charge in [-0.2, -0.15) is 0 Å². The Morgan fingerprint density at radius 1 is 1.00 bits per heavy atom. The summed E-state index contributed by atoms with van der Waals surface area (Å²) in [5.41, 5.74) is 1.45. The summed E-state index contributed by atoms with van der Waals surface area (Å²) < 4.78 is 33.2. The molecule has 31 heavy (non-hydrogen) atoms. The number of carbonyl (C=O) groups is 1. The Labute approximate surface area is 187 Å². The molecule has 1 amide bonds. The van der Waals surface area contributed by atoms with Crippen molar-refractivity contribution in [2.24, 2.45) is 0 Å². The third kappa shape index (κ3) is 5.37. The van der Waals surface area contributed by atoms with E-state index in [0.717, 1.165) is 4.31 Å². The maximum absolute atomic E-state index is 13.4. The van der Waals surface area contributed by atoms with Gasteiger partial charge in [-0.05, 0) is 67.9 Å². The summed E-state index contributed by atoms with van der Waals surface area (Å²) in [5, 5.41) is 3.15. The number of benzene rings is 3. The van der Waals surface area contributed by atoms with Crippen LogP contribution in [0.5, 0.6) is 5.75 Å². The molecule has 0 bridgehead atoms. The standard InChI is InChI=1S/C23H23ClN2O4S/c1-3-30-19-14-12-18(13-15-19)25-23(27)16-26(22-11-7-10-21(24)17(22)2)31(28,29)20-8-5-4-6-9-20/h4-15H,3,16H2,1-2H3,(H,25,27). The van der Waals surface area contributed by atoms with Gasteiger partial charge in [-0.15, -0.1) is 0 Å². The first kappa shape index (κ1) is 22.7. The number of anilines is 2. The Kier molecular flexibility index (Phi) is 7.20. The normalized spacial score (nSPS) is 11.1. The summed E-state index contributed by atoms with van der Waals surface area (Å²) in [6, 6.07) is 19.8. The highest BCUT2D eigenvalue weighted by Gasteiger charge is 2.28. The molecule has 0 spiro atoms. The number of hydrogen-bond acceptors (Lipinski definition) is 4. The quantitative estimate of drug-likeness (QED) is 0.522. The minimum Gasteiger partial charge on any atom is -0.494 e. The van der Waals surface area contributed by atoms with Crippen LogP contribution in [0.4, 0.5) is 11.4 Å². The largest absolute Gasteiger partial charge is 0.494 e. The van der Waals surface area contributed by atoms with Gasteiger partial charge in [0, 0.05) is 10.7 Å². The van der Waals surface area contributed by atoms with E-state index < -0.39 is 22.5 Å². The van der Waals surface area contributed by atoms with Crippen molar-refractivity contribution in [3.63, 3.8) is 0 Å². The van der Waals surface area contributed by atoms with Crippen molar-refractivity contribution in [2.45, 2.75) is 18.7 Å². The number of carbonyl (C=O) groups excluding carboxylic acids is 1. The van der Waals surface area contributed by atoms with Crippen molar-refractivity contribution in [1.82, 2.24) is 0 Å². The molecule has 6 nitrogen and oxygen atoms in total. The lowest BCUT2D eigenvalue weighted by Gasteiger charge is -2.26. The summed E-state index contributed by atoms with van der Waals surface area (Å²) in [6.07, 6.45) is 0. The van der Waals surface area contributed by atoms with E-state index in [2.05, 4.69) is 5.32 Å². The van der Waals surface area contributed by atoms with Gasteiger partial charge in [-0.1, -0.05) is 35.9 Å². The Bertz CT molecular complexity index is 1150. The molecule has 3 rings (SSSR count). The van der Waals surface area contributed by atoms with Gasteiger partial charge in [0.1, 0.15) is 12.3 Å². The highest BCUT2D eigenvalue weighted by Crippen LogP contribution is 2.31. The van der Waals surface area contributed by atoms with Gasteiger partial charge >= 0.3 is 0 Å². The van der Waals surface area contributed by atoms with Crippen molar-refractivity contribution in [2.75, 3.05) is 22.8 Å². The van der Waals surface area contributed by atoms with E-state index >= 15 is 0 Å². The first-order valence-corrected chi connectivity index (χ1v) is 11.5. The number of nitrogens with one attached hydrogen (secondary N) is 1. The Balaban J connectivity index is 1.91. The number of sulfonamides is 1. The zero-order valence-corrected chi connectivity index (χ0v) is 18.8. The third-order valence-corrected chi connectivity index (χ3v) is 6.76. The second kappa shape index (κ2) is 9.85. The molecule has 1 N–H and O–H groups in total. The molecule has 0 aliphatic heterocycles. The van der Waals surface area contributed by atoms with E-state index in [0.29, 0.717) is 34.3 Å². The molecule has 0 fully saturated rings. The average Bonchev–Trinajstić information content (AvgIpc) is 2.76. The first-order valence-electron chi connectivity index (χ1n) is 9.68. The molecule has 0 atom stereocenters. The van der Waals surface area contributed by atoms with Crippen molar-refractivity contribution >= 4 is 38.9 Å². The lowest BCUT2D eigenvalue weighted by molar-refractivity contribution is -0.114. The van der Waals surface area contributed by atoms with Crippen LogP contribution >= 0.6 is 11.6 Å². The fraction of sp³-hybridized carbons (Fsp3) is 0.174. The highest BCUT2D eigenvalue weighted by atomic mass is 35.5. The van der Waals surface area contributed by atoms with Gasteiger partial charge in [0.25, 0.3) is 10.0 Å². The topological polar surface area (TPSA) is 75.7 Å². The molecule has 3 aromatic carbocycles. The number of rotatable bonds is 8. The summed E-state index contributed by atoms with van der Waals surface area (Å²) >= 11 is 6.23. The van der Waals surface area contributed by atoms with Gasteiger partial charge in [0.2, 0.25) is 5.91 Å². The monoisotopic (exact) mass is 458 g/mol. The molecule has 0 unspecified atom stereocenters. The van der Waals surface area contributed by atoms with Crippen LogP contribution in [0.15, 0.2) is 77.7 Å². The SMILES string of the molecule is CCOc1ccc(NC(=O)CN(c2cccc(Cl)c2C)S(=O)(=O)c2ccccc2)cc1. The molecule has 8 heteroatoms. The van der Waals surface area contributed by atoms with Crippen LogP contribution in [-0.4, -0.2) is 27.5 Å². The first-order chi connectivity index (χ1) is 14.8. The fourth-order valence-corrected chi connectivity index (χ4v) is 4.69. The van der Waals surface area contributed by atoms with Crippen LogP contribution in [0.1, 0.15) is 12.5 Å². The molecule has 0 aliphatic carbocycles. The summed E-state index contributed by atoms with van der Waals surface area (Å²) in [4.78, 5) is 12.9. The molecule has 162 valence electrons. The maximum atomic E-state index is 13.4. The van der Waals surface area contributed by atoms with Crippen molar-refractivity contribution < 1.29 is 17.9 Å². The predicted octanol–water partition coefficient (Wildman–Crippen LogP) is 4.88. The minimum absolute atomic E-state index is 0.0863. The number of ether oxygens (including phenoxy) is 1. The third-order valence-electron chi connectivity index (χ3n) is 4.58. The number of nitrogens with zero attached hydrogens (tertiary/aromatic N) is 1. The molecule has 0 aliphatic rings. The minimum atomic E-state index is -4.00. The van der Waals surface area contributed by atoms with E-state index in [9.17, 15) is 13.2 Å². The molecule has 3 aromatic rings. The summed E-state index contributed by atoms with van der Waals surface area (Å²) in [6.45, 7) is 3.73. The Morgan fingerprint density at radius 2 is 1.68 bits per heavy atom. The van der Waals surface area contributed by atoms with E-state index in [1.807, 2.05) is 6.92 Å². The number of amides is 1. The lowest BCUT2D eigenvalue weighted by atomic mass is 10.2. The predicted molar refractivity (Wildman–Crippen MR) is 123 cm³/mol. The molecular weight excluding hydrogens is 436 g/mol. The second-order valence-electron chi connectivity index (χ2n) is 6.71. The van der Waals surface area contributed by atoms with Crippen molar-refractivity contribution in [3.8, 4) is 5.75 Å². The van der Waals surface area contributed by atoms with Crippen LogP contribution in [-0.2, 0) is 14.8 Å². The Morgan fingerprint density at radius 3 is 2.32 bits per heavy atom. The zero-order valence-electron chi connectivity index (χ0n) is 17.2. The van der Waals surface area contributed by atoms with Crippen LogP contribution in [0.2, 0.25) is 5.02 Å². The molecule has 0 saturated carbocycles. The summed E-state index contributed by atoms with van der Waals surface area (Å²) in [5.74, 6) is 0.200. The smallest absolute Gasteiger partial charge is 0.264 e. The van der Waals surface area contributed by atoms with Crippen LogP contribution in [0.25, 0.3) is 0 Å². The molecular formula is C23H23ClN2O4S.